The van der Waals surface area contributed by atoms with E-state index in [-0.39, 0.29) is 5.97 Å². The van der Waals surface area contributed by atoms with Crippen LogP contribution < -0.4 is 4.90 Å². The fourth-order valence-corrected chi connectivity index (χ4v) is 2.69. The summed E-state index contributed by atoms with van der Waals surface area (Å²) in [5.74, 6) is -0.297. The Hall–Kier alpha value is -1.88. The maximum absolute atomic E-state index is 11.4. The molecule has 0 saturated heterocycles. The lowest BCUT2D eigenvalue weighted by Crippen LogP contribution is -2.25. The monoisotopic (exact) mass is 290 g/mol. The Balaban J connectivity index is 1.95. The summed E-state index contributed by atoms with van der Waals surface area (Å²) in [5, 5.41) is 3.04. The van der Waals surface area contributed by atoms with E-state index in [0.29, 0.717) is 5.56 Å². The normalized spacial score (nSPS) is 10.3. The number of esters is 1. The van der Waals surface area contributed by atoms with Gasteiger partial charge in [-0.3, -0.25) is 0 Å². The first-order chi connectivity index (χ1) is 9.74. The summed E-state index contributed by atoms with van der Waals surface area (Å²) < 4.78 is 4.69. The summed E-state index contributed by atoms with van der Waals surface area (Å²) in [4.78, 5) is 17.9. The highest BCUT2D eigenvalue weighted by molar-refractivity contribution is 7.13. The number of likely N-dealkylation sites (N-methyl/N-ethyl adjacent to an activating group) is 1. The Labute approximate surface area is 123 Å². The number of carbonyl (C=O) groups excluding carboxylic acids is 1. The second-order valence-corrected chi connectivity index (χ2v) is 5.21. The summed E-state index contributed by atoms with van der Waals surface area (Å²) in [6.07, 6.45) is 2.75. The highest BCUT2D eigenvalue weighted by Gasteiger charge is 2.08. The number of benzene rings is 1. The number of hydrogen-bond donors (Lipinski definition) is 0. The van der Waals surface area contributed by atoms with Crippen LogP contribution in [0.1, 0.15) is 22.8 Å². The second-order valence-electron chi connectivity index (χ2n) is 4.33. The van der Waals surface area contributed by atoms with Gasteiger partial charge in [-0.2, -0.15) is 0 Å². The van der Waals surface area contributed by atoms with Gasteiger partial charge in [0.15, 0.2) is 5.13 Å². The van der Waals surface area contributed by atoms with Gasteiger partial charge in [-0.15, -0.1) is 11.3 Å². The first-order valence-corrected chi connectivity index (χ1v) is 7.44. The molecule has 4 nitrogen and oxygen atoms in total. The molecule has 0 radical (unpaired) electrons. The van der Waals surface area contributed by atoms with Gasteiger partial charge >= 0.3 is 5.97 Å². The van der Waals surface area contributed by atoms with Crippen molar-refractivity contribution < 1.29 is 9.53 Å². The van der Waals surface area contributed by atoms with Crippen molar-refractivity contribution in [2.45, 2.75) is 13.3 Å². The topological polar surface area (TPSA) is 42.4 Å². The van der Waals surface area contributed by atoms with Crippen molar-refractivity contribution in [3.8, 4) is 0 Å². The average Bonchev–Trinajstić information content (AvgIpc) is 3.02. The molecule has 0 amide bonds. The van der Waals surface area contributed by atoms with Crippen molar-refractivity contribution in [3.05, 3.63) is 47.0 Å². The second kappa shape index (κ2) is 7.05. The zero-order valence-electron chi connectivity index (χ0n) is 11.7. The molecule has 1 aromatic carbocycles. The molecule has 2 rings (SSSR count). The standard InChI is InChI=1S/C15H18N2O2S/c1-3-17(15-16-9-11-20-15)10-8-12-4-6-13(7-5-12)14(18)19-2/h4-7,9,11H,3,8,10H2,1-2H3. The number of anilines is 1. The van der Waals surface area contributed by atoms with E-state index in [9.17, 15) is 4.79 Å². The summed E-state index contributed by atoms with van der Waals surface area (Å²) in [6, 6.07) is 7.56. The lowest BCUT2D eigenvalue weighted by molar-refractivity contribution is 0.0600. The van der Waals surface area contributed by atoms with Gasteiger partial charge in [-0.05, 0) is 31.0 Å². The van der Waals surface area contributed by atoms with Crippen molar-refractivity contribution in [1.82, 2.24) is 4.98 Å². The van der Waals surface area contributed by atoms with Crippen LogP contribution in [0.15, 0.2) is 35.8 Å². The maximum atomic E-state index is 11.4. The first-order valence-electron chi connectivity index (χ1n) is 6.56. The van der Waals surface area contributed by atoms with E-state index in [4.69, 9.17) is 0 Å². The number of nitrogens with zero attached hydrogens (tertiary/aromatic N) is 2. The number of carbonyl (C=O) groups is 1. The van der Waals surface area contributed by atoms with Crippen molar-refractivity contribution in [1.29, 1.82) is 0 Å². The van der Waals surface area contributed by atoms with E-state index >= 15 is 0 Å². The molecule has 0 unspecified atom stereocenters. The van der Waals surface area contributed by atoms with Crippen LogP contribution >= 0.6 is 11.3 Å². The molecule has 106 valence electrons. The molecule has 0 aliphatic rings. The molecular formula is C15H18N2O2S. The van der Waals surface area contributed by atoms with E-state index in [1.54, 1.807) is 23.5 Å². The summed E-state index contributed by atoms with van der Waals surface area (Å²) in [5.41, 5.74) is 1.79. The Kier molecular flexibility index (Phi) is 5.12. The number of ether oxygens (including phenoxy) is 1. The van der Waals surface area contributed by atoms with Gasteiger partial charge in [0.25, 0.3) is 0 Å². The predicted molar refractivity (Wildman–Crippen MR) is 81.5 cm³/mol. The van der Waals surface area contributed by atoms with Crippen molar-refractivity contribution in [3.63, 3.8) is 0 Å². The molecule has 0 atom stereocenters. The molecule has 20 heavy (non-hydrogen) atoms. The van der Waals surface area contributed by atoms with Crippen LogP contribution in [0.25, 0.3) is 0 Å². The van der Waals surface area contributed by atoms with Gasteiger partial charge < -0.3 is 9.64 Å². The van der Waals surface area contributed by atoms with Crippen molar-refractivity contribution in [2.24, 2.45) is 0 Å². The highest BCUT2D eigenvalue weighted by Crippen LogP contribution is 2.17. The Morgan fingerprint density at radius 3 is 2.65 bits per heavy atom. The third kappa shape index (κ3) is 3.57. The van der Waals surface area contributed by atoms with Gasteiger partial charge in [-0.25, -0.2) is 9.78 Å². The van der Waals surface area contributed by atoms with E-state index < -0.39 is 0 Å². The van der Waals surface area contributed by atoms with Crippen molar-refractivity contribution >= 4 is 22.4 Å². The zero-order chi connectivity index (χ0) is 14.4. The Morgan fingerprint density at radius 2 is 2.10 bits per heavy atom. The smallest absolute Gasteiger partial charge is 0.337 e. The molecule has 0 spiro atoms. The molecular weight excluding hydrogens is 272 g/mol. The van der Waals surface area contributed by atoms with Crippen LogP contribution in [0.5, 0.6) is 0 Å². The zero-order valence-corrected chi connectivity index (χ0v) is 12.5. The Morgan fingerprint density at radius 1 is 1.35 bits per heavy atom. The van der Waals surface area contributed by atoms with Gasteiger partial charge in [0.05, 0.1) is 12.7 Å². The number of rotatable bonds is 6. The van der Waals surface area contributed by atoms with E-state index in [1.807, 2.05) is 23.7 Å². The van der Waals surface area contributed by atoms with Crippen molar-refractivity contribution in [2.75, 3.05) is 25.1 Å². The number of aromatic nitrogens is 1. The van der Waals surface area contributed by atoms with Crippen LogP contribution in [-0.4, -0.2) is 31.2 Å². The molecule has 0 N–H and O–H groups in total. The van der Waals surface area contributed by atoms with Crippen LogP contribution in [0.4, 0.5) is 5.13 Å². The van der Waals surface area contributed by atoms with E-state index in [0.717, 1.165) is 24.6 Å². The van der Waals surface area contributed by atoms with Gasteiger partial charge in [0, 0.05) is 24.7 Å². The summed E-state index contributed by atoms with van der Waals surface area (Å²) in [6.45, 7) is 3.98. The van der Waals surface area contributed by atoms with Crippen LogP contribution in [-0.2, 0) is 11.2 Å². The third-order valence-corrected chi connectivity index (χ3v) is 3.95. The van der Waals surface area contributed by atoms with Gasteiger partial charge in [0.2, 0.25) is 0 Å². The largest absolute Gasteiger partial charge is 0.465 e. The molecule has 1 heterocycles. The van der Waals surface area contributed by atoms with Crippen LogP contribution in [0.2, 0.25) is 0 Å². The minimum absolute atomic E-state index is 0.297. The third-order valence-electron chi connectivity index (χ3n) is 3.12. The molecule has 2 aromatic rings. The number of hydrogen-bond acceptors (Lipinski definition) is 5. The number of methoxy groups -OCH3 is 1. The Bertz CT molecular complexity index is 538. The molecule has 0 aliphatic carbocycles. The van der Waals surface area contributed by atoms with Gasteiger partial charge in [-0.1, -0.05) is 12.1 Å². The molecule has 1 aromatic heterocycles. The summed E-state index contributed by atoms with van der Waals surface area (Å²) >= 11 is 1.65. The molecule has 0 fully saturated rings. The van der Waals surface area contributed by atoms with E-state index in [2.05, 4.69) is 21.5 Å². The fraction of sp³-hybridized carbons (Fsp3) is 0.333. The molecule has 0 bridgehead atoms. The molecule has 5 heteroatoms. The van der Waals surface area contributed by atoms with E-state index in [1.165, 1.54) is 12.7 Å². The number of thiazole rings is 1. The van der Waals surface area contributed by atoms with Gasteiger partial charge in [0.1, 0.15) is 0 Å². The first kappa shape index (κ1) is 14.5. The minimum Gasteiger partial charge on any atom is -0.465 e. The van der Waals surface area contributed by atoms with Crippen LogP contribution in [0.3, 0.4) is 0 Å². The minimum atomic E-state index is -0.297. The highest BCUT2D eigenvalue weighted by atomic mass is 32.1. The lowest BCUT2D eigenvalue weighted by Gasteiger charge is -2.19. The predicted octanol–water partition coefficient (Wildman–Crippen LogP) is 3.00. The average molecular weight is 290 g/mol. The summed E-state index contributed by atoms with van der Waals surface area (Å²) in [7, 11) is 1.39. The fourth-order valence-electron chi connectivity index (χ4n) is 1.95. The molecule has 0 aliphatic heterocycles. The molecule has 0 saturated carbocycles. The quantitative estimate of drug-likeness (QED) is 0.767. The maximum Gasteiger partial charge on any atom is 0.337 e. The SMILES string of the molecule is CCN(CCc1ccc(C(=O)OC)cc1)c1nccs1. The van der Waals surface area contributed by atoms with Crippen LogP contribution in [0, 0.1) is 0 Å². The lowest BCUT2D eigenvalue weighted by atomic mass is 10.1.